The number of carbonyl (C=O) groups is 1. The molecule has 0 amide bonds. The highest BCUT2D eigenvalue weighted by molar-refractivity contribution is 5.99. The largest absolute Gasteiger partial charge is 0.546 e. The summed E-state index contributed by atoms with van der Waals surface area (Å²) in [5, 5.41) is 11.0. The maximum Gasteiger partial charge on any atom is 0.128 e. The highest BCUT2D eigenvalue weighted by Crippen LogP contribution is 2.38. The van der Waals surface area contributed by atoms with E-state index in [1.54, 1.807) is 12.1 Å². The van der Waals surface area contributed by atoms with Gasteiger partial charge in [0.1, 0.15) is 12.4 Å². The number of carboxylic acid groups (broad SMARTS) is 1. The third-order valence-electron chi connectivity index (χ3n) is 9.44. The van der Waals surface area contributed by atoms with Crippen molar-refractivity contribution >= 4 is 52.3 Å². The van der Waals surface area contributed by atoms with E-state index in [-0.39, 0.29) is 0 Å². The fourth-order valence-electron chi connectivity index (χ4n) is 7.09. The number of fused-ring (bicyclic) bond motifs is 8. The third-order valence-corrected chi connectivity index (χ3v) is 9.44. The zero-order valence-electron chi connectivity index (χ0n) is 28.4. The van der Waals surface area contributed by atoms with Crippen LogP contribution in [-0.4, -0.2) is 32.5 Å². The molecule has 0 aliphatic carbocycles. The molecule has 2 N–H and O–H groups in total. The van der Waals surface area contributed by atoms with Crippen molar-refractivity contribution in [2.24, 2.45) is 0 Å². The van der Waals surface area contributed by atoms with E-state index >= 15 is 0 Å². The minimum Gasteiger partial charge on any atom is -0.546 e. The summed E-state index contributed by atoms with van der Waals surface area (Å²) < 4.78 is 5.40. The molecule has 7 nitrogen and oxygen atoms in total. The summed E-state index contributed by atoms with van der Waals surface area (Å²) in [6.07, 6.45) is 8.29. The minimum absolute atomic E-state index is 0.432. The van der Waals surface area contributed by atoms with Gasteiger partial charge in [-0.2, -0.15) is 0 Å². The molecule has 0 fully saturated rings. The fraction of sp³-hybridized carbons (Fsp3) is 0.0217. The molecule has 8 bridgehead atoms. The van der Waals surface area contributed by atoms with E-state index in [4.69, 9.17) is 14.7 Å². The number of aliphatic carboxylic acids is 1. The van der Waals surface area contributed by atoms with E-state index in [0.717, 1.165) is 89.4 Å². The first-order valence-electron chi connectivity index (χ1n) is 17.3. The van der Waals surface area contributed by atoms with Crippen molar-refractivity contribution in [1.82, 2.24) is 19.9 Å². The van der Waals surface area contributed by atoms with Crippen LogP contribution in [0.15, 0.2) is 140 Å². The second kappa shape index (κ2) is 13.5. The Morgan fingerprint density at radius 2 is 0.774 bits per heavy atom. The lowest BCUT2D eigenvalue weighted by Crippen LogP contribution is -2.28. The van der Waals surface area contributed by atoms with Gasteiger partial charge < -0.3 is 24.6 Å². The monoisotopic (exact) mass is 687 g/mol. The van der Waals surface area contributed by atoms with E-state index in [9.17, 15) is 9.90 Å². The zero-order chi connectivity index (χ0) is 35.7. The van der Waals surface area contributed by atoms with Gasteiger partial charge in [-0.3, -0.25) is 0 Å². The number of H-pyrrole nitrogens is 2. The number of rotatable bonds is 7. The Morgan fingerprint density at radius 1 is 0.453 bits per heavy atom. The van der Waals surface area contributed by atoms with Crippen molar-refractivity contribution in [3.8, 4) is 50.3 Å². The molecular formula is C46H31N4O3-. The van der Waals surface area contributed by atoms with Crippen LogP contribution >= 0.6 is 0 Å². The summed E-state index contributed by atoms with van der Waals surface area (Å²) in [6, 6.07) is 46.7. The Hall–Kier alpha value is -7.25. The van der Waals surface area contributed by atoms with Gasteiger partial charge >= 0.3 is 0 Å². The van der Waals surface area contributed by atoms with Gasteiger partial charge in [0, 0.05) is 44.3 Å². The van der Waals surface area contributed by atoms with Crippen LogP contribution < -0.4 is 9.84 Å². The van der Waals surface area contributed by atoms with E-state index in [2.05, 4.69) is 101 Å². The molecule has 9 rings (SSSR count). The number of carbonyl (C=O) groups excluding carboxylic acids is 1. The molecule has 3 aromatic heterocycles. The minimum atomic E-state index is -1.28. The third kappa shape index (κ3) is 6.10. The summed E-state index contributed by atoms with van der Waals surface area (Å²) in [7, 11) is 0. The molecule has 0 radical (unpaired) electrons. The molecule has 7 heteroatoms. The standard InChI is InChI=1S/C46H32N4O3/c51-42(52)28-53-33-18-16-32(17-19-33)46-40-26-24-38(49-40)44(30-12-6-2-7-13-30)36-22-20-34(47-36)43(29-10-4-1-5-11-29)35-21-23-37(48-35)45(31-14-8-3-9-15-31)39-25-27-41(46)50-39/h1-27,47,50H,28H2,(H,51,52)/p-1. The number of aromatic amines is 2. The van der Waals surface area contributed by atoms with Gasteiger partial charge in [-0.25, -0.2) is 9.97 Å². The number of nitrogens with one attached hydrogen (secondary N) is 2. The molecule has 53 heavy (non-hydrogen) atoms. The van der Waals surface area contributed by atoms with Crippen LogP contribution in [0.5, 0.6) is 5.75 Å². The molecule has 0 saturated carbocycles. The number of carboxylic acids is 1. The molecule has 2 aliphatic rings. The van der Waals surface area contributed by atoms with Crippen molar-refractivity contribution in [1.29, 1.82) is 0 Å². The second-order valence-electron chi connectivity index (χ2n) is 12.8. The van der Waals surface area contributed by atoms with Gasteiger partial charge in [0.25, 0.3) is 0 Å². The first-order chi connectivity index (χ1) is 26.1. The summed E-state index contributed by atoms with van der Waals surface area (Å²) >= 11 is 0. The number of aromatic nitrogens is 4. The average molecular weight is 688 g/mol. The Morgan fingerprint density at radius 3 is 1.09 bits per heavy atom. The number of hydrogen-bond donors (Lipinski definition) is 2. The van der Waals surface area contributed by atoms with Crippen LogP contribution in [0.4, 0.5) is 0 Å². The van der Waals surface area contributed by atoms with Crippen LogP contribution in [0.1, 0.15) is 22.8 Å². The van der Waals surface area contributed by atoms with Gasteiger partial charge in [-0.15, -0.1) is 0 Å². The van der Waals surface area contributed by atoms with E-state index in [0.29, 0.717) is 5.75 Å². The maximum absolute atomic E-state index is 11.0. The van der Waals surface area contributed by atoms with Crippen molar-refractivity contribution < 1.29 is 14.6 Å². The van der Waals surface area contributed by atoms with Crippen molar-refractivity contribution in [2.75, 3.05) is 6.61 Å². The molecule has 4 aromatic carbocycles. The normalized spacial score (nSPS) is 11.8. The Bertz CT molecular complexity index is 2690. The predicted octanol–water partition coefficient (Wildman–Crippen LogP) is 9.45. The van der Waals surface area contributed by atoms with Crippen molar-refractivity contribution in [3.05, 3.63) is 162 Å². The van der Waals surface area contributed by atoms with Gasteiger partial charge in [0.2, 0.25) is 0 Å². The Labute approximate surface area is 305 Å². The molecule has 254 valence electrons. The average Bonchev–Trinajstić information content (AvgIpc) is 4.04. The number of ether oxygens (including phenoxy) is 1. The van der Waals surface area contributed by atoms with Crippen LogP contribution in [0.25, 0.3) is 90.9 Å². The first kappa shape index (κ1) is 31.7. The van der Waals surface area contributed by atoms with Crippen molar-refractivity contribution in [2.45, 2.75) is 0 Å². The van der Waals surface area contributed by atoms with Crippen LogP contribution in [0, 0.1) is 0 Å². The molecule has 0 spiro atoms. The molecule has 7 aromatic rings. The van der Waals surface area contributed by atoms with Crippen molar-refractivity contribution in [3.63, 3.8) is 0 Å². The van der Waals surface area contributed by atoms with Gasteiger partial charge in [-0.1, -0.05) is 103 Å². The molecule has 2 aliphatic heterocycles. The summed E-state index contributed by atoms with van der Waals surface area (Å²) in [5.74, 6) is -0.846. The fourth-order valence-corrected chi connectivity index (χ4v) is 7.09. The highest BCUT2D eigenvalue weighted by atomic mass is 16.5. The molecule has 0 unspecified atom stereocenters. The quantitative estimate of drug-likeness (QED) is 0.174. The van der Waals surface area contributed by atoms with E-state index in [1.165, 1.54) is 0 Å². The Balaban J connectivity index is 1.41. The number of nitrogens with zero attached hydrogens (tertiary/aromatic N) is 2. The SMILES string of the molecule is O=C([O-])COc1ccc(-c2c3nc(c(-c4ccccc4)c4ccc([nH]4)c(-c4ccccc4)c4nc(c(-c5ccccc5)c5ccc2[nH]5)C=C4)C=C3)cc1. The number of hydrogen-bond acceptors (Lipinski definition) is 5. The lowest BCUT2D eigenvalue weighted by molar-refractivity contribution is -0.307. The van der Waals surface area contributed by atoms with Gasteiger partial charge in [0.15, 0.2) is 0 Å². The maximum atomic E-state index is 11.0. The Kier molecular flexibility index (Phi) is 8.06. The van der Waals surface area contributed by atoms with Gasteiger partial charge in [-0.05, 0) is 83.0 Å². The van der Waals surface area contributed by atoms with Gasteiger partial charge in [0.05, 0.1) is 28.7 Å². The first-order valence-corrected chi connectivity index (χ1v) is 17.3. The lowest BCUT2D eigenvalue weighted by atomic mass is 10.0. The molecule has 5 heterocycles. The summed E-state index contributed by atoms with van der Waals surface area (Å²) in [4.78, 5) is 29.2. The van der Waals surface area contributed by atoms with E-state index in [1.807, 2.05) is 60.7 Å². The molecule has 0 atom stereocenters. The smallest absolute Gasteiger partial charge is 0.128 e. The van der Waals surface area contributed by atoms with Crippen LogP contribution in [0.2, 0.25) is 0 Å². The predicted molar refractivity (Wildman–Crippen MR) is 211 cm³/mol. The summed E-state index contributed by atoms with van der Waals surface area (Å²) in [6.45, 7) is -0.525. The molecule has 0 saturated heterocycles. The van der Waals surface area contributed by atoms with E-state index < -0.39 is 12.6 Å². The van der Waals surface area contributed by atoms with Crippen LogP contribution in [0.3, 0.4) is 0 Å². The molecular weight excluding hydrogens is 657 g/mol. The number of benzene rings is 4. The lowest BCUT2D eigenvalue weighted by Gasteiger charge is -2.09. The second-order valence-corrected chi connectivity index (χ2v) is 12.8. The highest BCUT2D eigenvalue weighted by Gasteiger charge is 2.19. The topological polar surface area (TPSA) is 107 Å². The zero-order valence-corrected chi connectivity index (χ0v) is 28.4. The summed E-state index contributed by atoms with van der Waals surface area (Å²) in [5.41, 5.74) is 14.7. The van der Waals surface area contributed by atoms with Crippen LogP contribution in [-0.2, 0) is 4.79 Å².